The average Bonchev–Trinajstić information content (AvgIpc) is 0.835. The van der Waals surface area contributed by atoms with Crippen molar-refractivity contribution in [1.29, 1.82) is 0 Å². The van der Waals surface area contributed by atoms with Crippen LogP contribution >= 0.6 is 24.0 Å². The molecule has 8 aromatic rings. The first-order valence-electron chi connectivity index (χ1n) is 35.6. The average molecular weight is 1760 g/mol. The van der Waals surface area contributed by atoms with Gasteiger partial charge in [-0.3, -0.25) is 23.9 Å². The van der Waals surface area contributed by atoms with Crippen LogP contribution in [0.15, 0.2) is 210 Å². The Morgan fingerprint density at radius 2 is 0.635 bits per heavy atom. The Bertz CT molecular complexity index is 4350. The molecule has 0 atom stereocenters. The van der Waals surface area contributed by atoms with Gasteiger partial charge in [-0.05, 0) is 243 Å². The molecule has 0 saturated carbocycles. The van der Waals surface area contributed by atoms with E-state index in [1.54, 1.807) is 69.7 Å². The van der Waals surface area contributed by atoms with Crippen LogP contribution in [0.1, 0.15) is 138 Å². The zero-order valence-electron chi connectivity index (χ0n) is 71.4. The third kappa shape index (κ3) is 39.9. The van der Waals surface area contributed by atoms with E-state index in [9.17, 15) is 32.4 Å². The van der Waals surface area contributed by atoms with Crippen molar-refractivity contribution in [2.24, 2.45) is 28.2 Å². The number of Topliss-reactive ketones (excluding diaryl/α,β-unsaturated/α-hetero) is 1. The maximum atomic E-state index is 12.8. The van der Waals surface area contributed by atoms with Gasteiger partial charge in [-0.2, -0.15) is 43.3 Å². The molecule has 29 nitrogen and oxygen atoms in total. The molecule has 4 N–H and O–H groups in total. The van der Waals surface area contributed by atoms with Crippen molar-refractivity contribution >= 4 is 127 Å². The summed E-state index contributed by atoms with van der Waals surface area (Å²) in [6, 6.07) is 52.3. The van der Waals surface area contributed by atoms with Gasteiger partial charge in [0, 0.05) is 135 Å². The van der Waals surface area contributed by atoms with E-state index >= 15 is 0 Å². The third-order valence-electron chi connectivity index (χ3n) is 14.3. The molecule has 0 bridgehead atoms. The predicted molar refractivity (Wildman–Crippen MR) is 470 cm³/mol. The van der Waals surface area contributed by atoms with Gasteiger partial charge in [-0.15, -0.1) is 24.0 Å². The van der Waals surface area contributed by atoms with Crippen molar-refractivity contribution in [2.45, 2.75) is 133 Å². The summed E-state index contributed by atoms with van der Waals surface area (Å²) in [6.45, 7) is 28.9. The molecular formula is C83H118IN16O13SV+. The minimum Gasteiger partial charge on any atom is -0.442 e. The fourth-order valence-electron chi connectivity index (χ4n) is 8.76. The Labute approximate surface area is 709 Å². The molecule has 4 aromatic carbocycles. The number of amides is 4. The maximum absolute atomic E-state index is 12.8. The van der Waals surface area contributed by atoms with Gasteiger partial charge in [-0.25, -0.2) is 30.0 Å². The normalized spacial score (nSPS) is 11.2. The smallest absolute Gasteiger partial charge is 0.435 e. The van der Waals surface area contributed by atoms with Crippen molar-refractivity contribution in [3.05, 3.63) is 217 Å². The van der Waals surface area contributed by atoms with Gasteiger partial charge in [0.2, 0.25) is 5.69 Å². The quantitative estimate of drug-likeness (QED) is 0.0108. The SMILES string of the molecule is C/C(=N\N(C(=O)OC(C)(C)C)c1ccc(N(C)C)cc1)c1cccc[n+]1C.C/C(=N\N(C(=O)OC(C)(C)C)c1ccc(N(C)C)cc1)c1ccccn1.C/C(=N\N(C(=O)OC(C)(C)C)c1ccc(N(C)C)cc1)c1ccccn1.CC(=O)c1ccccn1.CN(C)c1ccc(N(N)C(=O)OC(C)(C)C)cc1.COS(C)(=O)=O.I.O.[V]. The molecule has 115 heavy (non-hydrogen) atoms. The number of hydrogen-bond acceptors (Lipinski definition) is 23. The van der Waals surface area contributed by atoms with E-state index in [1.165, 1.54) is 22.0 Å². The van der Waals surface area contributed by atoms with Crippen molar-refractivity contribution in [1.82, 2.24) is 15.0 Å². The van der Waals surface area contributed by atoms with E-state index in [1.807, 2.05) is 316 Å². The number of ketones is 1. The first kappa shape index (κ1) is 105. The van der Waals surface area contributed by atoms with Crippen LogP contribution in [0.25, 0.3) is 0 Å². The van der Waals surface area contributed by atoms with Crippen molar-refractivity contribution < 1.29 is 84.1 Å². The first-order valence-corrected chi connectivity index (χ1v) is 37.4. The van der Waals surface area contributed by atoms with Crippen molar-refractivity contribution in [3.8, 4) is 0 Å². The van der Waals surface area contributed by atoms with Crippen LogP contribution in [0.3, 0.4) is 0 Å². The number of anilines is 8. The van der Waals surface area contributed by atoms with Gasteiger partial charge in [-0.1, -0.05) is 18.2 Å². The van der Waals surface area contributed by atoms with E-state index in [-0.39, 0.29) is 53.8 Å². The number of nitrogens with zero attached hydrogens (tertiary/aromatic N) is 15. The number of carbonyl (C=O) groups is 5. The predicted octanol–water partition coefficient (Wildman–Crippen LogP) is 15.4. The van der Waals surface area contributed by atoms with Crippen LogP contribution in [0, 0.1) is 0 Å². The Hall–Kier alpha value is -10.4. The number of rotatable bonds is 16. The number of hydrogen-bond donors (Lipinski definition) is 1. The summed E-state index contributed by atoms with van der Waals surface area (Å²) in [6.07, 6.45) is 5.77. The summed E-state index contributed by atoms with van der Waals surface area (Å²) in [5, 5.41) is 18.4. The molecule has 0 aliphatic heterocycles. The van der Waals surface area contributed by atoms with E-state index in [0.29, 0.717) is 57.0 Å². The number of nitrogens with two attached hydrogens (primary N) is 1. The molecule has 625 valence electrons. The van der Waals surface area contributed by atoms with E-state index in [2.05, 4.69) is 34.4 Å². The molecule has 1 radical (unpaired) electrons. The summed E-state index contributed by atoms with van der Waals surface area (Å²) < 4.78 is 47.2. The Morgan fingerprint density at radius 1 is 0.391 bits per heavy atom. The van der Waals surface area contributed by atoms with Gasteiger partial charge >= 0.3 is 24.4 Å². The number of hydrazine groups is 1. The fourth-order valence-corrected chi connectivity index (χ4v) is 8.76. The van der Waals surface area contributed by atoms with E-state index in [4.69, 9.17) is 24.8 Å². The molecule has 0 spiro atoms. The molecule has 0 fully saturated rings. The topological polar surface area (TPSA) is 329 Å². The van der Waals surface area contributed by atoms with Crippen LogP contribution in [0.2, 0.25) is 0 Å². The first-order chi connectivity index (χ1) is 52.0. The second-order valence-corrected chi connectivity index (χ2v) is 31.4. The summed E-state index contributed by atoms with van der Waals surface area (Å²) in [5.41, 5.74) is 9.01. The third-order valence-corrected chi connectivity index (χ3v) is 14.9. The summed E-state index contributed by atoms with van der Waals surface area (Å²) >= 11 is 0. The number of halogens is 1. The van der Waals surface area contributed by atoms with Crippen LogP contribution in [-0.4, -0.2) is 168 Å². The molecule has 0 unspecified atom stereocenters. The number of benzene rings is 4. The standard InChI is InChI=1S/C21H29N4O2.2C20H26N4O2.C13H21N3O2.C7H7NO.C2H6O3S.HI.H2O.V/c1-16(19-10-8-9-15-24(19)7)22-25(20(26)27-21(2,3)4)18-13-11-17(12-14-18)23(5)6;2*1-15(18-9-7-8-14-21-18)22-24(19(25)26-20(2,3)4)17-12-10-16(11-13-17)23(5)6;1-13(2,3)18-12(17)16(14)11-8-6-10(7-9-11)15(4)5;1-6(9)7-4-2-3-5-8-7;1-5-6(2,3)4;;;/h8-15H,1-7H3;2*7-14H,1-6H3;6-9H,14H2,1-5H3;2-5H,1H3;1-2H3;1H;1H2;/q+1;;;;;;;;/b;2*22-15+;;;;;;. The molecule has 8 rings (SSSR count). The van der Waals surface area contributed by atoms with E-state index < -0.39 is 56.9 Å². The minimum atomic E-state index is -3.16. The largest absolute Gasteiger partial charge is 0.442 e. The summed E-state index contributed by atoms with van der Waals surface area (Å²) in [5.74, 6) is 5.73. The number of aryl methyl sites for hydroxylation is 1. The van der Waals surface area contributed by atoms with Crippen LogP contribution in [0.5, 0.6) is 0 Å². The summed E-state index contributed by atoms with van der Waals surface area (Å²) in [7, 11) is 15.6. The van der Waals surface area contributed by atoms with Crippen molar-refractivity contribution in [3.63, 3.8) is 0 Å². The zero-order valence-corrected chi connectivity index (χ0v) is 76.0. The Morgan fingerprint density at radius 3 is 0.861 bits per heavy atom. The van der Waals surface area contributed by atoms with Gasteiger partial charge in [0.1, 0.15) is 40.9 Å². The van der Waals surface area contributed by atoms with Gasteiger partial charge in [0.05, 0.1) is 58.9 Å². The Balaban J connectivity index is 0.00000142. The maximum Gasteiger partial charge on any atom is 0.435 e. The molecule has 32 heteroatoms. The van der Waals surface area contributed by atoms with Gasteiger partial charge in [0.25, 0.3) is 10.1 Å². The van der Waals surface area contributed by atoms with Crippen LogP contribution < -0.4 is 50.0 Å². The molecular weight excluding hydrogens is 1640 g/mol. The van der Waals surface area contributed by atoms with Gasteiger partial charge < -0.3 is 44.0 Å². The number of hydrazone groups is 3. The Kier molecular flexibility index (Phi) is 44.3. The minimum absolute atomic E-state index is 0. The zero-order chi connectivity index (χ0) is 84.6. The second kappa shape index (κ2) is 48.7. The molecule has 0 saturated heterocycles. The number of pyridine rings is 4. The van der Waals surface area contributed by atoms with Crippen molar-refractivity contribution in [2.75, 3.05) is 109 Å². The monoisotopic (exact) mass is 1760 g/mol. The van der Waals surface area contributed by atoms with E-state index in [0.717, 1.165) is 46.8 Å². The van der Waals surface area contributed by atoms with Crippen LogP contribution in [-0.2, 0) is 58.9 Å². The summed E-state index contributed by atoms with van der Waals surface area (Å²) in [4.78, 5) is 80.9. The number of ether oxygens (including phenoxy) is 4. The molecule has 0 aliphatic rings. The van der Waals surface area contributed by atoms with Crippen LogP contribution in [0.4, 0.5) is 64.7 Å². The van der Waals surface area contributed by atoms with Gasteiger partial charge in [0.15, 0.2) is 12.0 Å². The molecule has 4 heterocycles. The number of aromatic nitrogens is 4. The molecule has 0 aliphatic carbocycles. The second-order valence-electron chi connectivity index (χ2n) is 29.7. The fraction of sp³-hybridized carbons (Fsp3) is 0.373. The number of carbonyl (C=O) groups excluding carboxylic acids is 5. The molecule has 4 aromatic heterocycles. The molecule has 4 amide bonds.